The lowest BCUT2D eigenvalue weighted by Crippen LogP contribution is -2.36. The number of aliphatic hydroxyl groups is 2. The molecular formula is C15H16N3O6P. The molecule has 5 unspecified atom stereocenters. The number of nitrogens with one attached hydrogen (secondary N) is 1. The first-order valence-electron chi connectivity index (χ1n) is 7.59. The standard InChI is InChI=1S/C15H16N3O6P/c19-11-10(6-22-25)24-14(12(11)20)18-5-9-13(17-15(18)21)16-7-3-1-2-4-8(7)23-9/h1-5,10-12,14,19-20H,6,25H2,(H,16,17,21). The third-order valence-corrected chi connectivity index (χ3v) is 4.34. The van der Waals surface area contributed by atoms with Gasteiger partial charge >= 0.3 is 5.69 Å². The smallest absolute Gasteiger partial charge is 0.351 e. The lowest BCUT2D eigenvalue weighted by atomic mass is 10.1. The molecule has 25 heavy (non-hydrogen) atoms. The molecule has 0 spiro atoms. The second-order valence-corrected chi connectivity index (χ2v) is 6.08. The third-order valence-electron chi connectivity index (χ3n) is 4.15. The molecule has 2 aliphatic rings. The van der Waals surface area contributed by atoms with Crippen molar-refractivity contribution in [1.29, 1.82) is 0 Å². The van der Waals surface area contributed by atoms with Crippen LogP contribution in [0.4, 0.5) is 11.5 Å². The van der Waals surface area contributed by atoms with Crippen molar-refractivity contribution < 1.29 is 24.2 Å². The number of hydrogen-bond acceptors (Lipinski definition) is 8. The molecule has 9 nitrogen and oxygen atoms in total. The number of nitrogens with zero attached hydrogens (tertiary/aromatic N) is 2. The summed E-state index contributed by atoms with van der Waals surface area (Å²) < 4.78 is 17.3. The fraction of sp³-hybridized carbons (Fsp3) is 0.333. The van der Waals surface area contributed by atoms with E-state index in [4.69, 9.17) is 14.0 Å². The first-order chi connectivity index (χ1) is 12.1. The Morgan fingerprint density at radius 1 is 1.28 bits per heavy atom. The minimum Gasteiger partial charge on any atom is -0.450 e. The molecule has 0 saturated carbocycles. The molecule has 3 heterocycles. The van der Waals surface area contributed by atoms with Gasteiger partial charge in [0.1, 0.15) is 18.3 Å². The van der Waals surface area contributed by atoms with Crippen LogP contribution in [0.3, 0.4) is 0 Å². The maximum Gasteiger partial charge on any atom is 0.351 e. The number of ether oxygens (including phenoxy) is 2. The van der Waals surface area contributed by atoms with E-state index in [1.807, 2.05) is 21.6 Å². The molecule has 1 aromatic heterocycles. The highest BCUT2D eigenvalue weighted by Gasteiger charge is 2.44. The lowest BCUT2D eigenvalue weighted by molar-refractivity contribution is -0.0499. The molecule has 2 aliphatic heterocycles. The van der Waals surface area contributed by atoms with E-state index in [2.05, 4.69) is 10.3 Å². The van der Waals surface area contributed by atoms with Crippen molar-refractivity contribution in [2.24, 2.45) is 0 Å². The molecule has 1 aromatic carbocycles. The maximum absolute atomic E-state index is 12.4. The average Bonchev–Trinajstić information content (AvgIpc) is 2.88. The Morgan fingerprint density at radius 2 is 2.08 bits per heavy atom. The minimum atomic E-state index is -1.30. The van der Waals surface area contributed by atoms with Gasteiger partial charge in [0.05, 0.1) is 18.5 Å². The second-order valence-electron chi connectivity index (χ2n) is 5.75. The summed E-state index contributed by atoms with van der Waals surface area (Å²) in [6.07, 6.45) is -2.94. The van der Waals surface area contributed by atoms with E-state index in [1.54, 1.807) is 12.1 Å². The van der Waals surface area contributed by atoms with Gasteiger partial charge in [-0.25, -0.2) is 4.79 Å². The van der Waals surface area contributed by atoms with E-state index in [-0.39, 0.29) is 12.4 Å². The number of fused-ring (bicyclic) bond motifs is 2. The summed E-state index contributed by atoms with van der Waals surface area (Å²) in [6, 6.07) is 7.24. The number of benzene rings is 1. The quantitative estimate of drug-likeness (QED) is 0.576. The average molecular weight is 365 g/mol. The summed E-state index contributed by atoms with van der Waals surface area (Å²) in [5.41, 5.74) is 0.0582. The molecule has 132 valence electrons. The van der Waals surface area contributed by atoms with Gasteiger partial charge in [-0.1, -0.05) is 12.1 Å². The predicted octanol–water partition coefficient (Wildman–Crippen LogP) is 0.518. The van der Waals surface area contributed by atoms with Crippen molar-refractivity contribution in [3.05, 3.63) is 40.9 Å². The van der Waals surface area contributed by atoms with Crippen molar-refractivity contribution in [3.8, 4) is 11.5 Å². The van der Waals surface area contributed by atoms with Gasteiger partial charge in [0, 0.05) is 9.47 Å². The van der Waals surface area contributed by atoms with Crippen LogP contribution >= 0.6 is 9.47 Å². The van der Waals surface area contributed by atoms with Crippen molar-refractivity contribution in [3.63, 3.8) is 0 Å². The van der Waals surface area contributed by atoms with Gasteiger partial charge in [-0.05, 0) is 12.1 Å². The molecule has 0 amide bonds. The summed E-state index contributed by atoms with van der Waals surface area (Å²) in [5.74, 6) is 1.18. The molecule has 4 rings (SSSR count). The Balaban J connectivity index is 1.68. The van der Waals surface area contributed by atoms with Crippen molar-refractivity contribution in [1.82, 2.24) is 9.55 Å². The van der Waals surface area contributed by atoms with Gasteiger partial charge in [0.2, 0.25) is 0 Å². The van der Waals surface area contributed by atoms with Crippen LogP contribution in [-0.2, 0) is 9.26 Å². The normalized spacial score (nSPS) is 27.2. The highest BCUT2D eigenvalue weighted by molar-refractivity contribution is 7.09. The van der Waals surface area contributed by atoms with Gasteiger partial charge in [-0.15, -0.1) is 0 Å². The second kappa shape index (κ2) is 6.36. The lowest BCUT2D eigenvalue weighted by Gasteiger charge is -2.23. The number of anilines is 2. The van der Waals surface area contributed by atoms with E-state index < -0.39 is 30.2 Å². The van der Waals surface area contributed by atoms with Gasteiger partial charge in [0.15, 0.2) is 23.5 Å². The van der Waals surface area contributed by atoms with Crippen LogP contribution in [0, 0.1) is 0 Å². The fourth-order valence-corrected chi connectivity index (χ4v) is 3.08. The van der Waals surface area contributed by atoms with E-state index in [0.29, 0.717) is 17.2 Å². The third kappa shape index (κ3) is 2.80. The number of aromatic nitrogens is 2. The van der Waals surface area contributed by atoms with Gasteiger partial charge in [-0.2, -0.15) is 4.98 Å². The summed E-state index contributed by atoms with van der Waals surface area (Å²) in [7, 11) is 2.05. The monoisotopic (exact) mass is 365 g/mol. The Kier molecular flexibility index (Phi) is 4.18. The van der Waals surface area contributed by atoms with Crippen LogP contribution in [0.1, 0.15) is 6.23 Å². The zero-order valence-electron chi connectivity index (χ0n) is 12.9. The van der Waals surface area contributed by atoms with Crippen molar-refractivity contribution in [2.45, 2.75) is 24.5 Å². The Morgan fingerprint density at radius 3 is 2.88 bits per heavy atom. The largest absolute Gasteiger partial charge is 0.450 e. The topological polar surface area (TPSA) is 115 Å². The van der Waals surface area contributed by atoms with E-state index in [9.17, 15) is 15.0 Å². The Labute approximate surface area is 144 Å². The molecule has 0 radical (unpaired) electrons. The predicted molar refractivity (Wildman–Crippen MR) is 89.9 cm³/mol. The van der Waals surface area contributed by atoms with Crippen LogP contribution in [-0.4, -0.2) is 44.7 Å². The van der Waals surface area contributed by atoms with Crippen molar-refractivity contribution >= 4 is 21.0 Å². The SMILES string of the molecule is O=c1nc2c(cn1C1OC(COP)C(O)C1O)Oc1ccccc1N2. The Hall–Kier alpha value is -2.03. The van der Waals surface area contributed by atoms with Crippen LogP contribution in [0.2, 0.25) is 0 Å². The van der Waals surface area contributed by atoms with E-state index in [0.717, 1.165) is 4.57 Å². The number of para-hydroxylation sites is 2. The zero-order valence-corrected chi connectivity index (χ0v) is 14.1. The van der Waals surface area contributed by atoms with Crippen LogP contribution in [0.5, 0.6) is 11.5 Å². The van der Waals surface area contributed by atoms with Crippen LogP contribution in [0.15, 0.2) is 35.3 Å². The van der Waals surface area contributed by atoms with Gasteiger partial charge in [0.25, 0.3) is 0 Å². The molecule has 3 N–H and O–H groups in total. The molecular weight excluding hydrogens is 349 g/mol. The van der Waals surface area contributed by atoms with Crippen molar-refractivity contribution in [2.75, 3.05) is 11.9 Å². The number of aliphatic hydroxyl groups excluding tert-OH is 2. The maximum atomic E-state index is 12.4. The van der Waals surface area contributed by atoms with E-state index >= 15 is 0 Å². The van der Waals surface area contributed by atoms with Gasteiger partial charge in [-0.3, -0.25) is 4.57 Å². The molecule has 2 aromatic rings. The summed E-state index contributed by atoms with van der Waals surface area (Å²) >= 11 is 0. The molecule has 10 heteroatoms. The summed E-state index contributed by atoms with van der Waals surface area (Å²) in [4.78, 5) is 16.3. The van der Waals surface area contributed by atoms with Crippen LogP contribution in [0.25, 0.3) is 0 Å². The molecule has 0 aliphatic carbocycles. The molecule has 1 saturated heterocycles. The van der Waals surface area contributed by atoms with Gasteiger partial charge < -0.3 is 29.5 Å². The Bertz CT molecular complexity index is 859. The highest BCUT2D eigenvalue weighted by Crippen LogP contribution is 2.40. The first-order valence-corrected chi connectivity index (χ1v) is 8.06. The first kappa shape index (κ1) is 16.4. The fourth-order valence-electron chi connectivity index (χ4n) is 2.89. The van der Waals surface area contributed by atoms with E-state index in [1.165, 1.54) is 6.20 Å². The highest BCUT2D eigenvalue weighted by atomic mass is 31.0. The molecule has 5 atom stereocenters. The minimum absolute atomic E-state index is 0.0535. The number of rotatable bonds is 3. The summed E-state index contributed by atoms with van der Waals surface area (Å²) in [5, 5.41) is 23.3. The summed E-state index contributed by atoms with van der Waals surface area (Å²) in [6.45, 7) is 0.0535. The number of hydrogen-bond donors (Lipinski definition) is 3. The van der Waals surface area contributed by atoms with Crippen LogP contribution < -0.4 is 15.7 Å². The molecule has 1 fully saturated rings. The molecule has 0 bridgehead atoms. The zero-order chi connectivity index (χ0) is 17.6.